The Kier molecular flexibility index (Phi) is 7.90. The summed E-state index contributed by atoms with van der Waals surface area (Å²) in [5.74, 6) is 2.38. The third-order valence-corrected chi connectivity index (χ3v) is 1.72. The van der Waals surface area contributed by atoms with Crippen LogP contribution in [0.1, 0.15) is 25.7 Å². The Morgan fingerprint density at radius 1 is 1.50 bits per heavy atom. The molecule has 0 aromatic heterocycles. The molecule has 4 nitrogen and oxygen atoms in total. The zero-order chi connectivity index (χ0) is 10.8. The summed E-state index contributed by atoms with van der Waals surface area (Å²) in [6.45, 7) is -0.234. The Morgan fingerprint density at radius 3 is 2.79 bits per heavy atom. The first-order valence-electron chi connectivity index (χ1n) is 4.69. The van der Waals surface area contributed by atoms with E-state index in [1.807, 2.05) is 0 Å². The standard InChI is InChI=1S/C10H17NO3/c1-2-3-4-5-6-10(14)11-7-9(13)8-12/h1,9,12-13H,3-8H2,(H,11,14). The van der Waals surface area contributed by atoms with Gasteiger partial charge in [0.2, 0.25) is 5.91 Å². The topological polar surface area (TPSA) is 69.6 Å². The fourth-order valence-corrected chi connectivity index (χ4v) is 0.897. The van der Waals surface area contributed by atoms with Gasteiger partial charge in [-0.15, -0.1) is 12.3 Å². The van der Waals surface area contributed by atoms with Crippen molar-refractivity contribution in [3.05, 3.63) is 0 Å². The Labute approximate surface area is 84.3 Å². The van der Waals surface area contributed by atoms with E-state index >= 15 is 0 Å². The van der Waals surface area contributed by atoms with Gasteiger partial charge in [0.25, 0.3) is 0 Å². The molecule has 0 bridgehead atoms. The van der Waals surface area contributed by atoms with Crippen LogP contribution in [-0.2, 0) is 4.79 Å². The maximum atomic E-state index is 11.1. The Balaban J connectivity index is 3.33. The minimum absolute atomic E-state index is 0.102. The molecule has 0 heterocycles. The number of hydrogen-bond acceptors (Lipinski definition) is 3. The first-order chi connectivity index (χ1) is 6.70. The van der Waals surface area contributed by atoms with Crippen LogP contribution in [0.15, 0.2) is 0 Å². The van der Waals surface area contributed by atoms with Crippen molar-refractivity contribution in [3.8, 4) is 12.3 Å². The lowest BCUT2D eigenvalue weighted by Gasteiger charge is -2.08. The third-order valence-electron chi connectivity index (χ3n) is 1.72. The van der Waals surface area contributed by atoms with E-state index in [1.54, 1.807) is 0 Å². The van der Waals surface area contributed by atoms with Crippen LogP contribution in [0.5, 0.6) is 0 Å². The van der Waals surface area contributed by atoms with Crippen LogP contribution in [0.2, 0.25) is 0 Å². The number of carbonyl (C=O) groups excluding carboxylic acids is 1. The molecule has 1 unspecified atom stereocenters. The minimum atomic E-state index is -0.871. The van der Waals surface area contributed by atoms with Crippen molar-refractivity contribution in [2.45, 2.75) is 31.8 Å². The van der Waals surface area contributed by atoms with Gasteiger partial charge in [-0.2, -0.15) is 0 Å². The third kappa shape index (κ3) is 7.59. The Hall–Kier alpha value is -1.05. The molecule has 4 heteroatoms. The van der Waals surface area contributed by atoms with Crippen molar-refractivity contribution in [1.29, 1.82) is 0 Å². The second kappa shape index (κ2) is 8.54. The number of rotatable bonds is 7. The van der Waals surface area contributed by atoms with Gasteiger partial charge in [0.05, 0.1) is 12.7 Å². The predicted octanol–water partition coefficient (Wildman–Crippen LogP) is -0.351. The van der Waals surface area contributed by atoms with Crippen molar-refractivity contribution >= 4 is 5.91 Å². The van der Waals surface area contributed by atoms with Gasteiger partial charge in [-0.3, -0.25) is 4.79 Å². The number of nitrogens with one attached hydrogen (secondary N) is 1. The molecule has 80 valence electrons. The van der Waals surface area contributed by atoms with E-state index < -0.39 is 6.10 Å². The summed E-state index contributed by atoms with van der Waals surface area (Å²) in [5.41, 5.74) is 0. The number of amides is 1. The minimum Gasteiger partial charge on any atom is -0.394 e. The van der Waals surface area contributed by atoms with Gasteiger partial charge in [0, 0.05) is 19.4 Å². The number of terminal acetylenes is 1. The second-order valence-electron chi connectivity index (χ2n) is 3.05. The first-order valence-corrected chi connectivity index (χ1v) is 4.69. The summed E-state index contributed by atoms with van der Waals surface area (Å²) < 4.78 is 0. The summed E-state index contributed by atoms with van der Waals surface area (Å²) >= 11 is 0. The van der Waals surface area contributed by atoms with Gasteiger partial charge in [0.15, 0.2) is 0 Å². The summed E-state index contributed by atoms with van der Waals surface area (Å²) in [7, 11) is 0. The average molecular weight is 199 g/mol. The first kappa shape index (κ1) is 12.9. The number of unbranched alkanes of at least 4 members (excludes halogenated alkanes) is 2. The molecule has 0 saturated heterocycles. The van der Waals surface area contributed by atoms with E-state index in [1.165, 1.54) is 0 Å². The van der Waals surface area contributed by atoms with E-state index in [0.29, 0.717) is 12.8 Å². The smallest absolute Gasteiger partial charge is 0.220 e. The summed E-state index contributed by atoms with van der Waals surface area (Å²) in [4.78, 5) is 11.1. The molecule has 0 aliphatic rings. The van der Waals surface area contributed by atoms with Crippen molar-refractivity contribution < 1.29 is 15.0 Å². The van der Waals surface area contributed by atoms with E-state index in [2.05, 4.69) is 11.2 Å². The van der Waals surface area contributed by atoms with Crippen LogP contribution < -0.4 is 5.32 Å². The molecule has 0 aromatic carbocycles. The van der Waals surface area contributed by atoms with Crippen molar-refractivity contribution in [1.82, 2.24) is 5.32 Å². The molecule has 1 amide bonds. The zero-order valence-electron chi connectivity index (χ0n) is 8.20. The van der Waals surface area contributed by atoms with Gasteiger partial charge in [-0.05, 0) is 12.8 Å². The van der Waals surface area contributed by atoms with E-state index in [4.69, 9.17) is 16.6 Å². The van der Waals surface area contributed by atoms with E-state index in [-0.39, 0.29) is 19.1 Å². The van der Waals surface area contributed by atoms with Gasteiger partial charge < -0.3 is 15.5 Å². The maximum absolute atomic E-state index is 11.1. The van der Waals surface area contributed by atoms with Crippen molar-refractivity contribution in [2.75, 3.05) is 13.2 Å². The van der Waals surface area contributed by atoms with Crippen LogP contribution in [0.4, 0.5) is 0 Å². The van der Waals surface area contributed by atoms with Crippen LogP contribution in [-0.4, -0.2) is 35.4 Å². The normalized spacial score (nSPS) is 11.8. The van der Waals surface area contributed by atoms with Gasteiger partial charge in [-0.25, -0.2) is 0 Å². The Morgan fingerprint density at radius 2 is 2.21 bits per heavy atom. The molecule has 0 fully saturated rings. The van der Waals surface area contributed by atoms with Gasteiger partial charge in [-0.1, -0.05) is 0 Å². The predicted molar refractivity (Wildman–Crippen MR) is 53.4 cm³/mol. The highest BCUT2D eigenvalue weighted by molar-refractivity contribution is 5.75. The molecule has 0 aliphatic heterocycles. The lowest BCUT2D eigenvalue weighted by molar-refractivity contribution is -0.121. The fourth-order valence-electron chi connectivity index (χ4n) is 0.897. The monoisotopic (exact) mass is 199 g/mol. The molecule has 0 saturated carbocycles. The molecule has 3 N–H and O–H groups in total. The zero-order valence-corrected chi connectivity index (χ0v) is 8.20. The molecule has 0 aromatic rings. The Bertz CT molecular complexity index is 198. The average Bonchev–Trinajstić information content (AvgIpc) is 2.21. The number of carbonyl (C=O) groups is 1. The molecule has 1 atom stereocenters. The van der Waals surface area contributed by atoms with Crippen molar-refractivity contribution in [2.24, 2.45) is 0 Å². The highest BCUT2D eigenvalue weighted by Crippen LogP contribution is 1.98. The molecular weight excluding hydrogens is 182 g/mol. The van der Waals surface area contributed by atoms with Crippen LogP contribution >= 0.6 is 0 Å². The summed E-state index contributed by atoms with van der Waals surface area (Å²) in [6, 6.07) is 0. The van der Waals surface area contributed by atoms with Crippen molar-refractivity contribution in [3.63, 3.8) is 0 Å². The lowest BCUT2D eigenvalue weighted by Crippen LogP contribution is -2.33. The van der Waals surface area contributed by atoms with Crippen LogP contribution in [0, 0.1) is 12.3 Å². The molecule has 0 aliphatic carbocycles. The fraction of sp³-hybridized carbons (Fsp3) is 0.700. The number of aliphatic hydroxyl groups is 2. The largest absolute Gasteiger partial charge is 0.394 e. The maximum Gasteiger partial charge on any atom is 0.220 e. The van der Waals surface area contributed by atoms with Crippen LogP contribution in [0.3, 0.4) is 0 Å². The SMILES string of the molecule is C#CCCCCC(=O)NCC(O)CO. The second-order valence-corrected chi connectivity index (χ2v) is 3.05. The number of hydrogen-bond donors (Lipinski definition) is 3. The molecular formula is C10H17NO3. The van der Waals surface area contributed by atoms with Crippen LogP contribution in [0.25, 0.3) is 0 Å². The van der Waals surface area contributed by atoms with Gasteiger partial charge >= 0.3 is 0 Å². The summed E-state index contributed by atoms with van der Waals surface area (Å²) in [5, 5.41) is 19.9. The molecule has 0 spiro atoms. The highest BCUT2D eigenvalue weighted by Gasteiger charge is 2.04. The highest BCUT2D eigenvalue weighted by atomic mass is 16.3. The lowest BCUT2D eigenvalue weighted by atomic mass is 10.2. The molecule has 0 radical (unpaired) electrons. The van der Waals surface area contributed by atoms with E-state index in [0.717, 1.165) is 12.8 Å². The number of aliphatic hydroxyl groups excluding tert-OH is 2. The van der Waals surface area contributed by atoms with Gasteiger partial charge in [0.1, 0.15) is 0 Å². The molecule has 0 rings (SSSR count). The summed E-state index contributed by atoms with van der Waals surface area (Å²) in [6.07, 6.45) is 6.88. The molecule has 14 heavy (non-hydrogen) atoms. The quantitative estimate of drug-likeness (QED) is 0.388. The van der Waals surface area contributed by atoms with E-state index in [9.17, 15) is 4.79 Å².